The molecule has 0 bridgehead atoms. The zero-order valence-corrected chi connectivity index (χ0v) is 10.0. The summed E-state index contributed by atoms with van der Waals surface area (Å²) < 4.78 is 5.81. The summed E-state index contributed by atoms with van der Waals surface area (Å²) in [6.45, 7) is 3.60. The van der Waals surface area contributed by atoms with Crippen LogP contribution in [-0.4, -0.2) is 13.2 Å². The second kappa shape index (κ2) is 5.35. The van der Waals surface area contributed by atoms with Crippen LogP contribution in [0.25, 0.3) is 0 Å². The van der Waals surface area contributed by atoms with E-state index in [4.69, 9.17) is 10.5 Å². The van der Waals surface area contributed by atoms with Crippen LogP contribution in [0.15, 0.2) is 18.2 Å². The minimum Gasteiger partial charge on any atom is -0.493 e. The fraction of sp³-hybridized carbons (Fsp3) is 0.571. The fourth-order valence-corrected chi connectivity index (χ4v) is 1.93. The highest BCUT2D eigenvalue weighted by Crippen LogP contribution is 2.41. The Labute approximate surface area is 97.8 Å². The van der Waals surface area contributed by atoms with Crippen LogP contribution in [0.5, 0.6) is 5.75 Å². The van der Waals surface area contributed by atoms with Crippen LogP contribution >= 0.6 is 0 Å². The Morgan fingerprint density at radius 2 is 2.19 bits per heavy atom. The lowest BCUT2D eigenvalue weighted by Gasteiger charge is -2.11. The maximum atomic E-state index is 5.81. The molecule has 0 saturated heterocycles. The van der Waals surface area contributed by atoms with Crippen molar-refractivity contribution in [2.75, 3.05) is 13.2 Å². The molecule has 0 radical (unpaired) electrons. The fourth-order valence-electron chi connectivity index (χ4n) is 1.93. The molecule has 2 N–H and O–H groups in total. The normalized spacial score (nSPS) is 15.1. The van der Waals surface area contributed by atoms with Gasteiger partial charge in [-0.3, -0.25) is 0 Å². The zero-order chi connectivity index (χ0) is 11.4. The summed E-state index contributed by atoms with van der Waals surface area (Å²) in [6, 6.07) is 6.70. The van der Waals surface area contributed by atoms with E-state index in [2.05, 4.69) is 25.1 Å². The lowest BCUT2D eigenvalue weighted by molar-refractivity contribution is 0.310. The van der Waals surface area contributed by atoms with Gasteiger partial charge in [0.05, 0.1) is 6.61 Å². The molecule has 0 aliphatic heterocycles. The summed E-state index contributed by atoms with van der Waals surface area (Å²) in [4.78, 5) is 0. The van der Waals surface area contributed by atoms with E-state index < -0.39 is 0 Å². The molecule has 1 saturated carbocycles. The third-order valence-electron chi connectivity index (χ3n) is 3.13. The standard InChI is InChI=1S/C14H21NO/c1-2-11-4-7-13(12-5-6-12)10-14(11)16-9-3-8-15/h4,7,10,12H,2-3,5-6,8-9,15H2,1H3. The summed E-state index contributed by atoms with van der Waals surface area (Å²) in [5.41, 5.74) is 8.22. The quantitative estimate of drug-likeness (QED) is 0.747. The topological polar surface area (TPSA) is 35.2 Å². The first-order valence-electron chi connectivity index (χ1n) is 6.30. The number of hydrogen-bond donors (Lipinski definition) is 1. The van der Waals surface area contributed by atoms with Crippen molar-refractivity contribution in [3.05, 3.63) is 29.3 Å². The van der Waals surface area contributed by atoms with Crippen LogP contribution in [0, 0.1) is 0 Å². The third kappa shape index (κ3) is 2.76. The first-order valence-corrected chi connectivity index (χ1v) is 6.30. The molecule has 0 atom stereocenters. The molecule has 16 heavy (non-hydrogen) atoms. The highest BCUT2D eigenvalue weighted by Gasteiger charge is 2.24. The van der Waals surface area contributed by atoms with Crippen LogP contribution in [0.4, 0.5) is 0 Å². The van der Waals surface area contributed by atoms with Crippen LogP contribution < -0.4 is 10.5 Å². The van der Waals surface area contributed by atoms with Gasteiger partial charge >= 0.3 is 0 Å². The lowest BCUT2D eigenvalue weighted by Crippen LogP contribution is -2.07. The third-order valence-corrected chi connectivity index (χ3v) is 3.13. The summed E-state index contributed by atoms with van der Waals surface area (Å²) in [5.74, 6) is 1.86. The van der Waals surface area contributed by atoms with E-state index in [1.54, 1.807) is 0 Å². The van der Waals surface area contributed by atoms with Crippen LogP contribution in [0.1, 0.15) is 43.2 Å². The monoisotopic (exact) mass is 219 g/mol. The van der Waals surface area contributed by atoms with Gasteiger partial charge in [-0.2, -0.15) is 0 Å². The van der Waals surface area contributed by atoms with Crippen molar-refractivity contribution in [2.45, 2.75) is 38.5 Å². The summed E-state index contributed by atoms with van der Waals surface area (Å²) in [6.07, 6.45) is 4.64. The van der Waals surface area contributed by atoms with Crippen molar-refractivity contribution in [2.24, 2.45) is 5.73 Å². The average Bonchev–Trinajstić information content (AvgIpc) is 3.13. The first-order chi connectivity index (χ1) is 7.85. The molecule has 88 valence electrons. The van der Waals surface area contributed by atoms with Gasteiger partial charge in [0.2, 0.25) is 0 Å². The van der Waals surface area contributed by atoms with Crippen LogP contribution in [0.2, 0.25) is 0 Å². The van der Waals surface area contributed by atoms with E-state index in [-0.39, 0.29) is 0 Å². The largest absolute Gasteiger partial charge is 0.493 e. The zero-order valence-electron chi connectivity index (χ0n) is 10.0. The van der Waals surface area contributed by atoms with Crippen molar-refractivity contribution in [3.8, 4) is 5.75 Å². The van der Waals surface area contributed by atoms with Crippen LogP contribution in [0.3, 0.4) is 0 Å². The molecule has 0 amide bonds. The Morgan fingerprint density at radius 1 is 1.38 bits per heavy atom. The van der Waals surface area contributed by atoms with Gasteiger partial charge in [0.1, 0.15) is 5.75 Å². The SMILES string of the molecule is CCc1ccc(C2CC2)cc1OCCCN. The van der Waals surface area contributed by atoms with Crippen molar-refractivity contribution < 1.29 is 4.74 Å². The number of benzene rings is 1. The Bertz CT molecular complexity index is 345. The van der Waals surface area contributed by atoms with E-state index in [1.807, 2.05) is 0 Å². The average molecular weight is 219 g/mol. The van der Waals surface area contributed by atoms with Crippen molar-refractivity contribution >= 4 is 0 Å². The number of aryl methyl sites for hydroxylation is 1. The summed E-state index contributed by atoms with van der Waals surface area (Å²) in [7, 11) is 0. The molecule has 1 aromatic rings. The van der Waals surface area contributed by atoms with E-state index >= 15 is 0 Å². The molecule has 2 heteroatoms. The van der Waals surface area contributed by atoms with Gasteiger partial charge in [0.25, 0.3) is 0 Å². The molecule has 0 spiro atoms. The van der Waals surface area contributed by atoms with Crippen molar-refractivity contribution in [1.29, 1.82) is 0 Å². The molecule has 1 aromatic carbocycles. The molecule has 0 aromatic heterocycles. The Balaban J connectivity index is 2.08. The minimum atomic E-state index is 0.698. The second-order valence-corrected chi connectivity index (χ2v) is 4.49. The molecule has 0 heterocycles. The highest BCUT2D eigenvalue weighted by molar-refractivity contribution is 5.40. The van der Waals surface area contributed by atoms with Gasteiger partial charge in [-0.15, -0.1) is 0 Å². The molecule has 2 nitrogen and oxygen atoms in total. The Morgan fingerprint density at radius 3 is 2.81 bits per heavy atom. The molecule has 1 fully saturated rings. The maximum Gasteiger partial charge on any atom is 0.122 e. The molecule has 2 rings (SSSR count). The lowest BCUT2D eigenvalue weighted by atomic mass is 10.1. The van der Waals surface area contributed by atoms with E-state index in [9.17, 15) is 0 Å². The van der Waals surface area contributed by atoms with Gasteiger partial charge in [-0.05, 0) is 55.3 Å². The Hall–Kier alpha value is -1.02. The number of nitrogens with two attached hydrogens (primary N) is 1. The van der Waals surface area contributed by atoms with E-state index in [0.717, 1.165) is 31.1 Å². The number of rotatable bonds is 6. The molecule has 1 aliphatic carbocycles. The molecule has 0 unspecified atom stereocenters. The number of hydrogen-bond acceptors (Lipinski definition) is 2. The van der Waals surface area contributed by atoms with Gasteiger partial charge in [0.15, 0.2) is 0 Å². The highest BCUT2D eigenvalue weighted by atomic mass is 16.5. The van der Waals surface area contributed by atoms with Crippen LogP contribution in [-0.2, 0) is 6.42 Å². The predicted octanol–water partition coefficient (Wildman–Crippen LogP) is 2.85. The minimum absolute atomic E-state index is 0.698. The van der Waals surface area contributed by atoms with E-state index in [0.29, 0.717) is 6.54 Å². The van der Waals surface area contributed by atoms with E-state index in [1.165, 1.54) is 24.0 Å². The molecule has 1 aliphatic rings. The smallest absolute Gasteiger partial charge is 0.122 e. The summed E-state index contributed by atoms with van der Waals surface area (Å²) >= 11 is 0. The second-order valence-electron chi connectivity index (χ2n) is 4.49. The van der Waals surface area contributed by atoms with Crippen molar-refractivity contribution in [3.63, 3.8) is 0 Å². The first kappa shape index (κ1) is 11.5. The maximum absolute atomic E-state index is 5.81. The summed E-state index contributed by atoms with van der Waals surface area (Å²) in [5, 5.41) is 0. The van der Waals surface area contributed by atoms with Gasteiger partial charge in [-0.25, -0.2) is 0 Å². The van der Waals surface area contributed by atoms with Gasteiger partial charge in [0, 0.05) is 0 Å². The predicted molar refractivity (Wildman–Crippen MR) is 67.0 cm³/mol. The van der Waals surface area contributed by atoms with Gasteiger partial charge in [-0.1, -0.05) is 19.1 Å². The molecular weight excluding hydrogens is 198 g/mol. The van der Waals surface area contributed by atoms with Gasteiger partial charge < -0.3 is 10.5 Å². The molecular formula is C14H21NO. The number of ether oxygens (including phenoxy) is 1. The Kier molecular flexibility index (Phi) is 3.83. The van der Waals surface area contributed by atoms with Crippen molar-refractivity contribution in [1.82, 2.24) is 0 Å².